The van der Waals surface area contributed by atoms with E-state index in [1.54, 1.807) is 24.4 Å². The third-order valence-corrected chi connectivity index (χ3v) is 7.27. The van der Waals surface area contributed by atoms with Crippen LogP contribution in [0.1, 0.15) is 37.8 Å². The van der Waals surface area contributed by atoms with Gasteiger partial charge in [0.1, 0.15) is 5.83 Å². The van der Waals surface area contributed by atoms with Gasteiger partial charge in [-0.25, -0.2) is 14.4 Å². The Morgan fingerprint density at radius 1 is 1.18 bits per heavy atom. The fourth-order valence-electron chi connectivity index (χ4n) is 4.64. The van der Waals surface area contributed by atoms with Gasteiger partial charge in [-0.15, -0.1) is 0 Å². The van der Waals surface area contributed by atoms with E-state index >= 15 is 0 Å². The van der Waals surface area contributed by atoms with Crippen molar-refractivity contribution in [2.45, 2.75) is 44.2 Å². The predicted molar refractivity (Wildman–Crippen MR) is 131 cm³/mol. The molecule has 9 heteroatoms. The van der Waals surface area contributed by atoms with E-state index in [2.05, 4.69) is 38.1 Å². The summed E-state index contributed by atoms with van der Waals surface area (Å²) in [4.78, 5) is 32.2. The van der Waals surface area contributed by atoms with Crippen LogP contribution in [0.2, 0.25) is 0 Å². The zero-order valence-corrected chi connectivity index (χ0v) is 19.4. The number of amides is 2. The predicted octanol–water partition coefficient (Wildman–Crippen LogP) is 4.41. The molecule has 0 bridgehead atoms. The third kappa shape index (κ3) is 5.53. The number of imide groups is 1. The highest BCUT2D eigenvalue weighted by atomic mass is 32.2. The molecule has 7 nitrogen and oxygen atoms in total. The molecule has 1 aromatic heterocycles. The molecule has 176 valence electrons. The number of nitrogens with zero attached hydrogens (tertiary/aromatic N) is 2. The summed E-state index contributed by atoms with van der Waals surface area (Å²) >= 11 is 0.876. The minimum absolute atomic E-state index is 0.145. The van der Waals surface area contributed by atoms with Crippen molar-refractivity contribution in [2.75, 3.05) is 11.9 Å². The first-order chi connectivity index (χ1) is 16.5. The number of rotatable bonds is 6. The van der Waals surface area contributed by atoms with Crippen molar-refractivity contribution < 1.29 is 14.0 Å². The van der Waals surface area contributed by atoms with Gasteiger partial charge in [0.05, 0.1) is 10.6 Å². The monoisotopic (exact) mass is 479 g/mol. The van der Waals surface area contributed by atoms with Crippen molar-refractivity contribution in [3.63, 3.8) is 0 Å². The fraction of sp³-hybridized carbons (Fsp3) is 0.360. The van der Waals surface area contributed by atoms with E-state index in [-0.39, 0.29) is 23.0 Å². The summed E-state index contributed by atoms with van der Waals surface area (Å²) < 4.78 is 13.4. The zero-order chi connectivity index (χ0) is 23.5. The molecule has 1 unspecified atom stereocenters. The number of hydrogen-bond acceptors (Lipinski definition) is 7. The van der Waals surface area contributed by atoms with Crippen LogP contribution >= 0.6 is 11.8 Å². The molecule has 0 aromatic carbocycles. The summed E-state index contributed by atoms with van der Waals surface area (Å²) in [7, 11) is 0. The van der Waals surface area contributed by atoms with Crippen molar-refractivity contribution in [3.05, 3.63) is 70.2 Å². The summed E-state index contributed by atoms with van der Waals surface area (Å²) in [5, 5.41) is 8.96. The van der Waals surface area contributed by atoms with Gasteiger partial charge < -0.3 is 10.6 Å². The molecular weight excluding hydrogens is 453 g/mol. The van der Waals surface area contributed by atoms with Gasteiger partial charge in [0, 0.05) is 30.7 Å². The van der Waals surface area contributed by atoms with Crippen molar-refractivity contribution in [1.29, 1.82) is 0 Å². The van der Waals surface area contributed by atoms with E-state index in [0.29, 0.717) is 22.6 Å². The normalized spacial score (nSPS) is 27.6. The first-order valence-corrected chi connectivity index (χ1v) is 12.4. The molecule has 3 N–H and O–H groups in total. The van der Waals surface area contributed by atoms with Crippen LogP contribution in [0.5, 0.6) is 0 Å². The van der Waals surface area contributed by atoms with Crippen LogP contribution < -0.4 is 16.0 Å². The lowest BCUT2D eigenvalue weighted by Crippen LogP contribution is -2.38. The minimum atomic E-state index is -0.394. The van der Waals surface area contributed by atoms with Crippen LogP contribution in [0.3, 0.4) is 0 Å². The molecule has 3 aliphatic carbocycles. The molecule has 2 heterocycles. The Morgan fingerprint density at radius 2 is 2.00 bits per heavy atom. The van der Waals surface area contributed by atoms with Crippen LogP contribution in [0, 0.1) is 5.92 Å². The van der Waals surface area contributed by atoms with E-state index in [4.69, 9.17) is 0 Å². The second-order valence-corrected chi connectivity index (χ2v) is 9.90. The number of halogens is 1. The Bertz CT molecular complexity index is 1150. The van der Waals surface area contributed by atoms with Gasteiger partial charge in [-0.05, 0) is 79.3 Å². The van der Waals surface area contributed by atoms with Crippen LogP contribution in [-0.2, 0) is 4.79 Å². The Labute approximate surface area is 201 Å². The number of nitrogens with one attached hydrogen (secondary N) is 3. The molecule has 1 saturated carbocycles. The molecule has 2 amide bonds. The van der Waals surface area contributed by atoms with Gasteiger partial charge in [0.2, 0.25) is 5.95 Å². The van der Waals surface area contributed by atoms with Gasteiger partial charge in [-0.3, -0.25) is 14.9 Å². The van der Waals surface area contributed by atoms with Crippen molar-refractivity contribution in [3.8, 4) is 0 Å². The smallest absolute Gasteiger partial charge is 0.290 e. The largest absolute Gasteiger partial charge is 0.351 e. The lowest BCUT2D eigenvalue weighted by Gasteiger charge is -2.30. The maximum Gasteiger partial charge on any atom is 0.290 e. The Kier molecular flexibility index (Phi) is 6.73. The fourth-order valence-corrected chi connectivity index (χ4v) is 5.31. The number of carbonyl (C=O) groups excluding carboxylic acids is 2. The number of allylic oxidation sites excluding steroid dienone is 6. The third-order valence-electron chi connectivity index (χ3n) is 6.46. The lowest BCUT2D eigenvalue weighted by atomic mass is 9.85. The van der Waals surface area contributed by atoms with Gasteiger partial charge >= 0.3 is 0 Å². The van der Waals surface area contributed by atoms with Gasteiger partial charge in [0.15, 0.2) is 0 Å². The topological polar surface area (TPSA) is 96.0 Å². The van der Waals surface area contributed by atoms with Crippen LogP contribution in [-0.4, -0.2) is 39.7 Å². The van der Waals surface area contributed by atoms with Gasteiger partial charge in [-0.1, -0.05) is 18.2 Å². The highest BCUT2D eigenvalue weighted by molar-refractivity contribution is 8.18. The number of hydrogen-bond donors (Lipinski definition) is 3. The Hall–Kier alpha value is -3.04. The van der Waals surface area contributed by atoms with E-state index in [1.165, 1.54) is 17.2 Å². The number of carbonyl (C=O) groups is 2. The van der Waals surface area contributed by atoms with E-state index in [9.17, 15) is 14.0 Å². The van der Waals surface area contributed by atoms with E-state index in [1.807, 2.05) is 6.08 Å². The summed E-state index contributed by atoms with van der Waals surface area (Å²) in [5.41, 5.74) is 3.04. The zero-order valence-electron chi connectivity index (χ0n) is 18.6. The van der Waals surface area contributed by atoms with Crippen molar-refractivity contribution in [1.82, 2.24) is 20.6 Å². The van der Waals surface area contributed by atoms with Crippen LogP contribution in [0.15, 0.2) is 64.5 Å². The summed E-state index contributed by atoms with van der Waals surface area (Å²) in [5.74, 6) is 0.159. The molecule has 1 atom stereocenters. The van der Waals surface area contributed by atoms with Crippen LogP contribution in [0.25, 0.3) is 6.08 Å². The molecule has 1 aliphatic heterocycles. The van der Waals surface area contributed by atoms with E-state index in [0.717, 1.165) is 50.4 Å². The standard InChI is InChI=1S/C25H26FN5O2S/c26-18-4-3-16-11-15(1-2-17(16)12-18)14-28-19-5-7-20(8-6-19)29-24-27-10-9-21(30-24)13-22-23(32)31-25(33)34-22/h1,3-4,9-13,17,19-20,28H,2,5-8,14H2,(H,27,29,30)(H,31,32,33)/b22-13-. The highest BCUT2D eigenvalue weighted by Gasteiger charge is 2.26. The quantitative estimate of drug-likeness (QED) is 0.520. The summed E-state index contributed by atoms with van der Waals surface area (Å²) in [6, 6.07) is 2.46. The van der Waals surface area contributed by atoms with Crippen molar-refractivity contribution in [2.24, 2.45) is 5.92 Å². The van der Waals surface area contributed by atoms with Crippen molar-refractivity contribution >= 4 is 34.9 Å². The first-order valence-electron chi connectivity index (χ1n) is 11.6. The number of aromatic nitrogens is 2. The average molecular weight is 480 g/mol. The SMILES string of the molecule is O=C1NC(=O)/C(=C/c2ccnc(NC3CCC(NCC4=CCC5C=C(F)C=CC5=C4)CC3)n2)S1. The Balaban J connectivity index is 1.09. The molecule has 4 aliphatic rings. The lowest BCUT2D eigenvalue weighted by molar-refractivity contribution is -0.115. The molecule has 0 spiro atoms. The summed E-state index contributed by atoms with van der Waals surface area (Å²) in [6.07, 6.45) is 17.7. The molecule has 0 radical (unpaired) electrons. The minimum Gasteiger partial charge on any atom is -0.351 e. The molecule has 34 heavy (non-hydrogen) atoms. The number of thioether (sulfide) groups is 1. The first kappa shape index (κ1) is 22.7. The molecule has 1 aromatic rings. The average Bonchev–Trinajstić information content (AvgIpc) is 3.15. The van der Waals surface area contributed by atoms with Gasteiger partial charge in [0.25, 0.3) is 11.1 Å². The maximum atomic E-state index is 13.4. The summed E-state index contributed by atoms with van der Waals surface area (Å²) in [6.45, 7) is 0.826. The molecule has 2 fully saturated rings. The second-order valence-electron chi connectivity index (χ2n) is 8.88. The van der Waals surface area contributed by atoms with E-state index < -0.39 is 5.91 Å². The molecule has 1 saturated heterocycles. The molecular formula is C25H26FN5O2S. The number of fused-ring (bicyclic) bond motifs is 1. The maximum absolute atomic E-state index is 13.4. The van der Waals surface area contributed by atoms with Crippen LogP contribution in [0.4, 0.5) is 15.1 Å². The number of anilines is 1. The highest BCUT2D eigenvalue weighted by Crippen LogP contribution is 2.31. The second kappa shape index (κ2) is 10.1. The molecule has 5 rings (SSSR count). The van der Waals surface area contributed by atoms with Gasteiger partial charge in [-0.2, -0.15) is 0 Å². The Morgan fingerprint density at radius 3 is 2.79 bits per heavy atom.